The molecule has 0 aliphatic carbocycles. The molecule has 0 heterocycles. The highest BCUT2D eigenvalue weighted by atomic mass is 35.5. The quantitative estimate of drug-likeness (QED) is 0.834. The Morgan fingerprint density at radius 3 is 2.67 bits per heavy atom. The Morgan fingerprint density at radius 2 is 2.10 bits per heavy atom. The van der Waals surface area contributed by atoms with Crippen molar-refractivity contribution in [2.45, 2.75) is 39.5 Å². The molecule has 21 heavy (non-hydrogen) atoms. The van der Waals surface area contributed by atoms with Crippen molar-refractivity contribution >= 4 is 17.6 Å². The molecule has 0 bridgehead atoms. The summed E-state index contributed by atoms with van der Waals surface area (Å²) in [5.74, 6) is 0.515. The van der Waals surface area contributed by atoms with E-state index in [1.165, 1.54) is 0 Å². The number of hydrogen-bond acceptors (Lipinski definition) is 1. The van der Waals surface area contributed by atoms with Gasteiger partial charge >= 0.3 is 6.03 Å². The van der Waals surface area contributed by atoms with Crippen molar-refractivity contribution in [3.8, 4) is 0 Å². The van der Waals surface area contributed by atoms with Crippen LogP contribution >= 0.6 is 11.6 Å². The highest BCUT2D eigenvalue weighted by Gasteiger charge is 2.22. The number of rotatable bonds is 6. The molecular weight excluding hydrogens is 284 g/mol. The van der Waals surface area contributed by atoms with E-state index in [1.807, 2.05) is 31.3 Å². The van der Waals surface area contributed by atoms with E-state index < -0.39 is 0 Å². The summed E-state index contributed by atoms with van der Waals surface area (Å²) in [4.78, 5) is 13.9. The minimum atomic E-state index is -0.155. The normalized spacial score (nSPS) is 12.9. The fourth-order valence-corrected chi connectivity index (χ4v) is 2.31. The van der Waals surface area contributed by atoms with E-state index in [0.29, 0.717) is 12.5 Å². The number of nitrogens with zero attached hydrogens (tertiary/aromatic N) is 1. The van der Waals surface area contributed by atoms with Gasteiger partial charge in [0.1, 0.15) is 0 Å². The summed E-state index contributed by atoms with van der Waals surface area (Å²) in [7, 11) is 1.84. The molecule has 0 radical (unpaired) electrons. The summed E-state index contributed by atoms with van der Waals surface area (Å²) in [5.41, 5.74) is 0.970. The number of amides is 2. The standard InChI is InChI=1S/C17H27ClN2O/c1-6-13(2)11-20(5)16(21)19-12-17(3,4)14-8-7-9-15(18)10-14/h7-10,13H,6,11-12H2,1-5H3,(H,19,21). The minimum Gasteiger partial charge on any atom is -0.337 e. The monoisotopic (exact) mass is 310 g/mol. The fraction of sp³-hybridized carbons (Fsp3) is 0.588. The van der Waals surface area contributed by atoms with E-state index >= 15 is 0 Å². The zero-order valence-corrected chi connectivity index (χ0v) is 14.5. The molecule has 3 nitrogen and oxygen atoms in total. The molecule has 1 rings (SSSR count). The topological polar surface area (TPSA) is 32.3 Å². The van der Waals surface area contributed by atoms with Crippen molar-refractivity contribution in [3.05, 3.63) is 34.9 Å². The molecule has 0 aliphatic heterocycles. The highest BCUT2D eigenvalue weighted by molar-refractivity contribution is 6.30. The van der Waals surface area contributed by atoms with Crippen LogP contribution in [0.2, 0.25) is 5.02 Å². The van der Waals surface area contributed by atoms with Gasteiger partial charge in [0, 0.05) is 30.6 Å². The molecule has 0 fully saturated rings. The van der Waals surface area contributed by atoms with Crippen LogP contribution < -0.4 is 5.32 Å². The summed E-state index contributed by atoms with van der Waals surface area (Å²) in [6, 6.07) is 7.78. The van der Waals surface area contributed by atoms with Gasteiger partial charge in [0.05, 0.1) is 0 Å². The van der Waals surface area contributed by atoms with Crippen LogP contribution in [0.25, 0.3) is 0 Å². The molecule has 4 heteroatoms. The van der Waals surface area contributed by atoms with Crippen LogP contribution in [0.15, 0.2) is 24.3 Å². The van der Waals surface area contributed by atoms with Crippen LogP contribution in [0.5, 0.6) is 0 Å². The zero-order valence-electron chi connectivity index (χ0n) is 13.7. The van der Waals surface area contributed by atoms with E-state index in [-0.39, 0.29) is 11.4 Å². The van der Waals surface area contributed by atoms with Crippen molar-refractivity contribution in [2.24, 2.45) is 5.92 Å². The van der Waals surface area contributed by atoms with Gasteiger partial charge in [-0.3, -0.25) is 0 Å². The molecule has 1 aromatic rings. The first-order valence-corrected chi connectivity index (χ1v) is 7.89. The van der Waals surface area contributed by atoms with Crippen LogP contribution in [0.4, 0.5) is 4.79 Å². The number of benzene rings is 1. The summed E-state index contributed by atoms with van der Waals surface area (Å²) in [6.45, 7) is 9.86. The molecule has 0 spiro atoms. The Labute approximate surface area is 133 Å². The molecule has 118 valence electrons. The minimum absolute atomic E-state index is 0.0228. The first-order chi connectivity index (χ1) is 9.76. The molecule has 2 amide bonds. The third-order valence-electron chi connectivity index (χ3n) is 3.92. The van der Waals surface area contributed by atoms with Crippen LogP contribution in [-0.2, 0) is 5.41 Å². The van der Waals surface area contributed by atoms with Crippen LogP contribution in [0, 0.1) is 5.92 Å². The maximum atomic E-state index is 12.1. The van der Waals surface area contributed by atoms with Gasteiger partial charge in [-0.25, -0.2) is 4.79 Å². The smallest absolute Gasteiger partial charge is 0.317 e. The Bertz CT molecular complexity index is 474. The third-order valence-corrected chi connectivity index (χ3v) is 4.15. The second-order valence-corrected chi connectivity index (χ2v) is 6.88. The Hall–Kier alpha value is -1.22. The van der Waals surface area contributed by atoms with E-state index in [0.717, 1.165) is 23.6 Å². The molecule has 0 saturated heterocycles. The van der Waals surface area contributed by atoms with Gasteiger partial charge in [-0.15, -0.1) is 0 Å². The van der Waals surface area contributed by atoms with Gasteiger partial charge in [-0.1, -0.05) is 57.8 Å². The second-order valence-electron chi connectivity index (χ2n) is 6.45. The van der Waals surface area contributed by atoms with Crippen LogP contribution in [0.1, 0.15) is 39.7 Å². The van der Waals surface area contributed by atoms with Crippen molar-refractivity contribution < 1.29 is 4.79 Å². The molecule has 1 atom stereocenters. The summed E-state index contributed by atoms with van der Waals surface area (Å²) < 4.78 is 0. The summed E-state index contributed by atoms with van der Waals surface area (Å²) in [6.07, 6.45) is 1.08. The summed E-state index contributed by atoms with van der Waals surface area (Å²) in [5, 5.41) is 3.74. The molecule has 1 unspecified atom stereocenters. The SMILES string of the molecule is CCC(C)CN(C)C(=O)NCC(C)(C)c1cccc(Cl)c1. The van der Waals surface area contributed by atoms with Gasteiger partial charge in [0.25, 0.3) is 0 Å². The van der Waals surface area contributed by atoms with Gasteiger partial charge in [-0.2, -0.15) is 0 Å². The van der Waals surface area contributed by atoms with Crippen molar-refractivity contribution in [1.29, 1.82) is 0 Å². The maximum Gasteiger partial charge on any atom is 0.317 e. The molecule has 0 aliphatic rings. The van der Waals surface area contributed by atoms with Crippen LogP contribution in [0.3, 0.4) is 0 Å². The number of urea groups is 1. The van der Waals surface area contributed by atoms with Crippen molar-refractivity contribution in [1.82, 2.24) is 10.2 Å². The lowest BCUT2D eigenvalue weighted by Crippen LogP contribution is -2.44. The van der Waals surface area contributed by atoms with Crippen LogP contribution in [-0.4, -0.2) is 31.1 Å². The fourth-order valence-electron chi connectivity index (χ4n) is 2.12. The first-order valence-electron chi connectivity index (χ1n) is 7.51. The van der Waals surface area contributed by atoms with E-state index in [2.05, 4.69) is 33.0 Å². The lowest BCUT2D eigenvalue weighted by atomic mass is 9.84. The first kappa shape index (κ1) is 17.8. The van der Waals surface area contributed by atoms with Gasteiger partial charge in [0.2, 0.25) is 0 Å². The molecule has 0 aromatic heterocycles. The number of nitrogens with one attached hydrogen (secondary N) is 1. The predicted octanol–water partition coefficient (Wildman–Crippen LogP) is 4.31. The average Bonchev–Trinajstić information content (AvgIpc) is 2.44. The number of carbonyl (C=O) groups excluding carboxylic acids is 1. The molecule has 0 saturated carbocycles. The van der Waals surface area contributed by atoms with E-state index in [9.17, 15) is 4.79 Å². The van der Waals surface area contributed by atoms with Crippen molar-refractivity contribution in [2.75, 3.05) is 20.1 Å². The predicted molar refractivity (Wildman–Crippen MR) is 90.0 cm³/mol. The lowest BCUT2D eigenvalue weighted by Gasteiger charge is -2.28. The Kier molecular flexibility index (Phi) is 6.53. The average molecular weight is 311 g/mol. The number of carbonyl (C=O) groups is 1. The second kappa shape index (κ2) is 7.69. The number of hydrogen-bond donors (Lipinski definition) is 1. The Morgan fingerprint density at radius 1 is 1.43 bits per heavy atom. The van der Waals surface area contributed by atoms with Gasteiger partial charge in [-0.05, 0) is 23.6 Å². The third kappa shape index (κ3) is 5.58. The summed E-state index contributed by atoms with van der Waals surface area (Å²) >= 11 is 6.04. The van der Waals surface area contributed by atoms with E-state index in [4.69, 9.17) is 11.6 Å². The van der Waals surface area contributed by atoms with Gasteiger partial charge in [0.15, 0.2) is 0 Å². The van der Waals surface area contributed by atoms with E-state index in [1.54, 1.807) is 4.90 Å². The zero-order chi connectivity index (χ0) is 16.0. The maximum absolute atomic E-state index is 12.1. The molecular formula is C17H27ClN2O. The molecule has 1 N–H and O–H groups in total. The van der Waals surface area contributed by atoms with Gasteiger partial charge < -0.3 is 10.2 Å². The molecule has 1 aromatic carbocycles. The number of halogens is 1. The lowest BCUT2D eigenvalue weighted by molar-refractivity contribution is 0.199. The van der Waals surface area contributed by atoms with Crippen molar-refractivity contribution in [3.63, 3.8) is 0 Å². The largest absolute Gasteiger partial charge is 0.337 e. The highest BCUT2D eigenvalue weighted by Crippen LogP contribution is 2.24. The Balaban J connectivity index is 2.58.